The van der Waals surface area contributed by atoms with E-state index < -0.39 is 10.0 Å². The number of sulfonamides is 1. The van der Waals surface area contributed by atoms with Crippen molar-refractivity contribution in [1.29, 1.82) is 0 Å². The van der Waals surface area contributed by atoms with Crippen molar-refractivity contribution < 1.29 is 17.9 Å². The fourth-order valence-corrected chi connectivity index (χ4v) is 3.43. The molecular formula is C16H17Cl2NO4S. The van der Waals surface area contributed by atoms with Gasteiger partial charge in [-0.3, -0.25) is 0 Å². The first-order valence-electron chi connectivity index (χ1n) is 7.05. The number of benzene rings is 2. The second-order valence-corrected chi connectivity index (χ2v) is 7.53. The second-order valence-electron chi connectivity index (χ2n) is 4.95. The Morgan fingerprint density at radius 1 is 1.08 bits per heavy atom. The van der Waals surface area contributed by atoms with Gasteiger partial charge >= 0.3 is 0 Å². The Balaban J connectivity index is 1.93. The Kier molecular flexibility index (Phi) is 6.34. The molecule has 0 unspecified atom stereocenters. The molecule has 0 aliphatic rings. The van der Waals surface area contributed by atoms with Crippen LogP contribution in [-0.4, -0.2) is 28.7 Å². The maximum atomic E-state index is 12.2. The van der Waals surface area contributed by atoms with Crippen LogP contribution in [0.5, 0.6) is 11.5 Å². The number of methoxy groups -OCH3 is 1. The molecule has 0 amide bonds. The number of rotatable bonds is 7. The summed E-state index contributed by atoms with van der Waals surface area (Å²) in [6.45, 7) is 2.17. The van der Waals surface area contributed by atoms with Gasteiger partial charge < -0.3 is 9.47 Å². The Bertz CT molecular complexity index is 825. The molecule has 0 heterocycles. The van der Waals surface area contributed by atoms with Gasteiger partial charge in [0.15, 0.2) is 0 Å². The van der Waals surface area contributed by atoms with E-state index in [2.05, 4.69) is 4.72 Å². The van der Waals surface area contributed by atoms with Crippen molar-refractivity contribution in [3.05, 3.63) is 52.0 Å². The largest absolute Gasteiger partial charge is 0.495 e. The molecule has 0 bridgehead atoms. The van der Waals surface area contributed by atoms with Crippen molar-refractivity contribution >= 4 is 33.2 Å². The van der Waals surface area contributed by atoms with Crippen LogP contribution < -0.4 is 14.2 Å². The van der Waals surface area contributed by atoms with Gasteiger partial charge in [-0.2, -0.15) is 0 Å². The zero-order valence-electron chi connectivity index (χ0n) is 13.2. The van der Waals surface area contributed by atoms with Crippen LogP contribution in [0.3, 0.4) is 0 Å². The minimum atomic E-state index is -3.67. The van der Waals surface area contributed by atoms with Crippen LogP contribution >= 0.6 is 23.2 Å². The molecular weight excluding hydrogens is 373 g/mol. The highest BCUT2D eigenvalue weighted by Crippen LogP contribution is 2.26. The molecule has 0 aliphatic carbocycles. The Labute approximate surface area is 151 Å². The molecule has 2 rings (SSSR count). The maximum absolute atomic E-state index is 12.2. The Hall–Kier alpha value is -1.47. The van der Waals surface area contributed by atoms with Gasteiger partial charge in [0.2, 0.25) is 10.0 Å². The standard InChI is InChI=1S/C16H17Cl2NO4S/c1-11-9-12(3-5-14(11)17)23-8-7-19-24(20,21)13-4-6-16(22-2)15(18)10-13/h3-6,9-10,19H,7-8H2,1-2H3. The third-order valence-corrected chi connectivity index (χ3v) is 5.40. The third kappa shape index (κ3) is 4.77. The van der Waals surface area contributed by atoms with E-state index in [0.717, 1.165) is 5.56 Å². The molecule has 2 aromatic carbocycles. The van der Waals surface area contributed by atoms with Crippen molar-refractivity contribution in [2.24, 2.45) is 0 Å². The van der Waals surface area contributed by atoms with Crippen LogP contribution in [0.2, 0.25) is 10.0 Å². The summed E-state index contributed by atoms with van der Waals surface area (Å²) in [5.41, 5.74) is 0.891. The first kappa shape index (κ1) is 18.9. The zero-order valence-corrected chi connectivity index (χ0v) is 15.5. The average Bonchev–Trinajstić information content (AvgIpc) is 2.54. The summed E-state index contributed by atoms with van der Waals surface area (Å²) in [6, 6.07) is 9.52. The Morgan fingerprint density at radius 2 is 1.83 bits per heavy atom. The fraction of sp³-hybridized carbons (Fsp3) is 0.250. The minimum Gasteiger partial charge on any atom is -0.495 e. The van der Waals surface area contributed by atoms with Crippen LogP contribution in [0.1, 0.15) is 5.56 Å². The highest BCUT2D eigenvalue weighted by atomic mass is 35.5. The van der Waals surface area contributed by atoms with Gasteiger partial charge in [-0.25, -0.2) is 13.1 Å². The van der Waals surface area contributed by atoms with E-state index in [1.807, 2.05) is 6.92 Å². The summed E-state index contributed by atoms with van der Waals surface area (Å²) in [6.07, 6.45) is 0. The van der Waals surface area contributed by atoms with Crippen molar-refractivity contribution in [2.75, 3.05) is 20.3 Å². The number of nitrogens with one attached hydrogen (secondary N) is 1. The maximum Gasteiger partial charge on any atom is 0.240 e. The molecule has 0 radical (unpaired) electrons. The summed E-state index contributed by atoms with van der Waals surface area (Å²) in [4.78, 5) is 0.0654. The van der Waals surface area contributed by atoms with Crippen LogP contribution in [0.4, 0.5) is 0 Å². The van der Waals surface area contributed by atoms with Gasteiger partial charge in [-0.05, 0) is 48.9 Å². The highest BCUT2D eigenvalue weighted by molar-refractivity contribution is 7.89. The summed E-state index contributed by atoms with van der Waals surface area (Å²) in [5.74, 6) is 1.04. The van der Waals surface area contributed by atoms with Gasteiger partial charge in [-0.15, -0.1) is 0 Å². The Morgan fingerprint density at radius 3 is 2.46 bits per heavy atom. The van der Waals surface area contributed by atoms with Gasteiger partial charge in [0, 0.05) is 11.6 Å². The van der Waals surface area contributed by atoms with Crippen molar-refractivity contribution in [3.8, 4) is 11.5 Å². The van der Waals surface area contributed by atoms with Crippen LogP contribution in [0, 0.1) is 6.92 Å². The lowest BCUT2D eigenvalue weighted by Gasteiger charge is -2.10. The predicted octanol–water partition coefficient (Wildman–Crippen LogP) is 3.67. The summed E-state index contributed by atoms with van der Waals surface area (Å²) in [5, 5.41) is 0.882. The van der Waals surface area contributed by atoms with E-state index in [4.69, 9.17) is 32.7 Å². The van der Waals surface area contributed by atoms with E-state index in [-0.39, 0.29) is 23.1 Å². The minimum absolute atomic E-state index is 0.0654. The summed E-state index contributed by atoms with van der Waals surface area (Å²) < 4.78 is 37.4. The zero-order chi connectivity index (χ0) is 17.7. The normalized spacial score (nSPS) is 11.3. The average molecular weight is 390 g/mol. The predicted molar refractivity (Wildman–Crippen MR) is 94.9 cm³/mol. The van der Waals surface area contributed by atoms with E-state index in [1.54, 1.807) is 18.2 Å². The topological polar surface area (TPSA) is 64.6 Å². The van der Waals surface area contributed by atoms with Crippen LogP contribution in [0.15, 0.2) is 41.3 Å². The quantitative estimate of drug-likeness (QED) is 0.733. The lowest BCUT2D eigenvalue weighted by molar-refractivity contribution is 0.322. The molecule has 1 N–H and O–H groups in total. The molecule has 0 aromatic heterocycles. The molecule has 0 atom stereocenters. The van der Waals surface area contributed by atoms with Gasteiger partial charge in [0.25, 0.3) is 0 Å². The lowest BCUT2D eigenvalue weighted by atomic mass is 10.2. The lowest BCUT2D eigenvalue weighted by Crippen LogP contribution is -2.28. The van der Waals surface area contributed by atoms with E-state index in [9.17, 15) is 8.42 Å². The van der Waals surface area contributed by atoms with E-state index >= 15 is 0 Å². The van der Waals surface area contributed by atoms with Gasteiger partial charge in [0.05, 0.1) is 17.0 Å². The molecule has 0 saturated carbocycles. The highest BCUT2D eigenvalue weighted by Gasteiger charge is 2.15. The monoisotopic (exact) mass is 389 g/mol. The molecule has 5 nitrogen and oxygen atoms in total. The molecule has 0 spiro atoms. The molecule has 8 heteroatoms. The smallest absolute Gasteiger partial charge is 0.240 e. The molecule has 0 saturated heterocycles. The molecule has 0 aliphatic heterocycles. The number of hydrogen-bond donors (Lipinski definition) is 1. The SMILES string of the molecule is COc1ccc(S(=O)(=O)NCCOc2ccc(Cl)c(C)c2)cc1Cl. The van der Waals surface area contributed by atoms with Crippen molar-refractivity contribution in [3.63, 3.8) is 0 Å². The van der Waals surface area contributed by atoms with Crippen LogP contribution in [0.25, 0.3) is 0 Å². The van der Waals surface area contributed by atoms with Gasteiger partial charge in [0.1, 0.15) is 18.1 Å². The van der Waals surface area contributed by atoms with Crippen LogP contribution in [-0.2, 0) is 10.0 Å². The second kappa shape index (κ2) is 8.07. The fourth-order valence-electron chi connectivity index (χ4n) is 1.95. The van der Waals surface area contributed by atoms with E-state index in [1.165, 1.54) is 25.3 Å². The number of ether oxygens (including phenoxy) is 2. The first-order valence-corrected chi connectivity index (χ1v) is 9.29. The molecule has 130 valence electrons. The number of halogens is 2. The number of aryl methyl sites for hydroxylation is 1. The summed E-state index contributed by atoms with van der Waals surface area (Å²) in [7, 11) is -2.21. The summed E-state index contributed by atoms with van der Waals surface area (Å²) >= 11 is 11.9. The number of hydrogen-bond acceptors (Lipinski definition) is 4. The van der Waals surface area contributed by atoms with E-state index in [0.29, 0.717) is 16.5 Å². The van der Waals surface area contributed by atoms with Crippen molar-refractivity contribution in [2.45, 2.75) is 11.8 Å². The first-order chi connectivity index (χ1) is 11.3. The van der Waals surface area contributed by atoms with Crippen molar-refractivity contribution in [1.82, 2.24) is 4.72 Å². The van der Waals surface area contributed by atoms with Gasteiger partial charge in [-0.1, -0.05) is 23.2 Å². The molecule has 0 fully saturated rings. The third-order valence-electron chi connectivity index (χ3n) is 3.23. The molecule has 24 heavy (non-hydrogen) atoms. The molecule has 2 aromatic rings.